The Morgan fingerprint density at radius 3 is 2.10 bits per heavy atom. The van der Waals surface area contributed by atoms with E-state index in [0.717, 1.165) is 5.52 Å². The molecule has 0 saturated heterocycles. The average Bonchev–Trinajstić information content (AvgIpc) is 3.06. The second-order valence-electron chi connectivity index (χ2n) is 9.55. The van der Waals surface area contributed by atoms with Gasteiger partial charge in [-0.3, -0.25) is 0 Å². The van der Waals surface area contributed by atoms with Gasteiger partial charge in [0.25, 0.3) is 0 Å². The molecule has 3 nitrogen and oxygen atoms in total. The summed E-state index contributed by atoms with van der Waals surface area (Å²) >= 11 is 0. The highest BCUT2D eigenvalue weighted by molar-refractivity contribution is 6.04. The van der Waals surface area contributed by atoms with E-state index in [0.29, 0.717) is 13.1 Å². The zero-order valence-corrected chi connectivity index (χ0v) is 19.0. The van der Waals surface area contributed by atoms with Crippen molar-refractivity contribution in [2.24, 2.45) is 0 Å². The van der Waals surface area contributed by atoms with Crippen molar-refractivity contribution in [2.45, 2.75) is 45.9 Å². The number of fused-ring (bicyclic) bond motifs is 1. The van der Waals surface area contributed by atoms with Gasteiger partial charge in [-0.15, -0.1) is 0 Å². The van der Waals surface area contributed by atoms with E-state index in [2.05, 4.69) is 116 Å². The molecular weight excluding hydrogens is 380 g/mol. The fraction of sp³-hybridized carbons (Fsp3) is 0.286. The number of benzene rings is 3. The van der Waals surface area contributed by atoms with E-state index in [1.807, 2.05) is 0 Å². The van der Waals surface area contributed by atoms with Gasteiger partial charge in [0.05, 0.1) is 17.8 Å². The summed E-state index contributed by atoms with van der Waals surface area (Å²) in [4.78, 5) is 0. The van der Waals surface area contributed by atoms with Crippen LogP contribution in [0.5, 0.6) is 0 Å². The average molecular weight is 414 g/mol. The molecule has 0 spiro atoms. The first-order valence-corrected chi connectivity index (χ1v) is 11.1. The van der Waals surface area contributed by atoms with Crippen LogP contribution < -0.4 is 5.32 Å². The summed E-state index contributed by atoms with van der Waals surface area (Å²) in [6.07, 6.45) is -0.442. The molecule has 0 radical (unpaired) electrons. The molecule has 0 bridgehead atoms. The molecule has 1 heterocycles. The van der Waals surface area contributed by atoms with E-state index in [1.54, 1.807) is 0 Å². The van der Waals surface area contributed by atoms with Crippen LogP contribution in [0.15, 0.2) is 78.9 Å². The van der Waals surface area contributed by atoms with E-state index < -0.39 is 6.10 Å². The van der Waals surface area contributed by atoms with Crippen LogP contribution in [-0.2, 0) is 6.54 Å². The Hall–Kier alpha value is -2.88. The molecule has 3 heteroatoms. The predicted molar refractivity (Wildman–Crippen MR) is 130 cm³/mol. The van der Waals surface area contributed by atoms with Crippen molar-refractivity contribution in [1.82, 2.24) is 4.57 Å². The van der Waals surface area contributed by atoms with Crippen LogP contribution in [0.25, 0.3) is 33.3 Å². The number of nitrogens with zero attached hydrogens (tertiary/aromatic N) is 1. The number of aliphatic hydroxyl groups excluding tert-OH is 1. The molecule has 0 fully saturated rings. The van der Waals surface area contributed by atoms with Crippen molar-refractivity contribution in [3.05, 3.63) is 84.4 Å². The summed E-state index contributed by atoms with van der Waals surface area (Å²) in [5.41, 5.74) is 7.27. The van der Waals surface area contributed by atoms with Gasteiger partial charge in [0.1, 0.15) is 12.6 Å². The first-order chi connectivity index (χ1) is 14.8. The second kappa shape index (κ2) is 8.70. The van der Waals surface area contributed by atoms with E-state index in [4.69, 9.17) is 0 Å². The Bertz CT molecular complexity index is 1150. The summed E-state index contributed by atoms with van der Waals surface area (Å²) in [6, 6.07) is 27.8. The minimum atomic E-state index is -0.442. The summed E-state index contributed by atoms with van der Waals surface area (Å²) < 4.78 is 2.31. The highest BCUT2D eigenvalue weighted by Gasteiger charge is 2.23. The number of aryl methyl sites for hydroxylation is 1. The second-order valence-corrected chi connectivity index (χ2v) is 9.55. The lowest BCUT2D eigenvalue weighted by atomic mass is 9.98. The molecule has 1 atom stereocenters. The Balaban J connectivity index is 1.92. The highest BCUT2D eigenvalue weighted by Crippen LogP contribution is 2.41. The van der Waals surface area contributed by atoms with Crippen LogP contribution in [0.3, 0.4) is 0 Å². The molecule has 0 aliphatic rings. The van der Waals surface area contributed by atoms with Crippen molar-refractivity contribution in [1.29, 1.82) is 0 Å². The normalized spacial score (nSPS) is 12.9. The Labute approximate surface area is 185 Å². The molecule has 4 aromatic rings. The maximum atomic E-state index is 11.0. The fourth-order valence-corrected chi connectivity index (χ4v) is 4.23. The maximum Gasteiger partial charge on any atom is 0.121 e. The first-order valence-electron chi connectivity index (χ1n) is 11.1. The molecule has 0 aliphatic carbocycles. The third kappa shape index (κ3) is 4.73. The Morgan fingerprint density at radius 2 is 1.48 bits per heavy atom. The molecule has 31 heavy (non-hydrogen) atoms. The molecule has 4 rings (SSSR count). The van der Waals surface area contributed by atoms with Crippen LogP contribution >= 0.6 is 0 Å². The molecule has 0 amide bonds. The Morgan fingerprint density at radius 1 is 0.871 bits per heavy atom. The van der Waals surface area contributed by atoms with Gasteiger partial charge in [-0.2, -0.15) is 0 Å². The molecule has 3 N–H and O–H groups in total. The van der Waals surface area contributed by atoms with Gasteiger partial charge in [0.15, 0.2) is 0 Å². The Kier molecular flexibility index (Phi) is 5.99. The molecular formula is C28H33N2O+. The van der Waals surface area contributed by atoms with Gasteiger partial charge in [-0.1, -0.05) is 72.3 Å². The van der Waals surface area contributed by atoms with E-state index in [1.165, 1.54) is 33.3 Å². The van der Waals surface area contributed by atoms with E-state index in [9.17, 15) is 5.11 Å². The fourth-order valence-electron chi connectivity index (χ4n) is 4.23. The minimum absolute atomic E-state index is 0.0916. The van der Waals surface area contributed by atoms with Gasteiger partial charge in [0, 0.05) is 16.5 Å². The van der Waals surface area contributed by atoms with E-state index in [-0.39, 0.29) is 5.54 Å². The molecule has 0 unspecified atom stereocenters. The predicted octanol–water partition coefficient (Wildman–Crippen LogP) is 5.01. The van der Waals surface area contributed by atoms with Crippen molar-refractivity contribution >= 4 is 10.9 Å². The van der Waals surface area contributed by atoms with Crippen molar-refractivity contribution in [2.75, 3.05) is 6.54 Å². The largest absolute Gasteiger partial charge is 0.385 e. The number of nitrogens with two attached hydrogens (primary N) is 1. The van der Waals surface area contributed by atoms with Crippen LogP contribution in [-0.4, -0.2) is 27.9 Å². The summed E-state index contributed by atoms with van der Waals surface area (Å²) in [7, 11) is 0. The van der Waals surface area contributed by atoms with Crippen LogP contribution in [0.2, 0.25) is 0 Å². The number of quaternary nitrogens is 1. The van der Waals surface area contributed by atoms with Crippen molar-refractivity contribution in [3.63, 3.8) is 0 Å². The third-order valence-corrected chi connectivity index (χ3v) is 5.72. The quantitative estimate of drug-likeness (QED) is 0.459. The van der Waals surface area contributed by atoms with Crippen LogP contribution in [0.1, 0.15) is 26.3 Å². The number of hydrogen-bond acceptors (Lipinski definition) is 1. The SMILES string of the molecule is Cc1ccc2c(c1)c(-c1ccccc1)c(-c1ccccc1)n2C[C@H](O)C[NH2+]C(C)(C)C. The van der Waals surface area contributed by atoms with Gasteiger partial charge in [-0.05, 0) is 51.0 Å². The number of aliphatic hydroxyl groups is 1. The van der Waals surface area contributed by atoms with Gasteiger partial charge in [-0.25, -0.2) is 0 Å². The maximum absolute atomic E-state index is 11.0. The van der Waals surface area contributed by atoms with Crippen molar-refractivity contribution in [3.8, 4) is 22.4 Å². The molecule has 0 aliphatic heterocycles. The lowest BCUT2D eigenvalue weighted by Crippen LogP contribution is -2.96. The van der Waals surface area contributed by atoms with Crippen molar-refractivity contribution < 1.29 is 10.4 Å². The molecule has 0 saturated carbocycles. The minimum Gasteiger partial charge on any atom is -0.385 e. The smallest absolute Gasteiger partial charge is 0.121 e. The monoisotopic (exact) mass is 413 g/mol. The molecule has 1 aromatic heterocycles. The number of aromatic nitrogens is 1. The lowest BCUT2D eigenvalue weighted by Gasteiger charge is -2.21. The van der Waals surface area contributed by atoms with E-state index >= 15 is 0 Å². The third-order valence-electron chi connectivity index (χ3n) is 5.72. The summed E-state index contributed by atoms with van der Waals surface area (Å²) in [5.74, 6) is 0. The standard InChI is InChI=1S/C28H32N2O/c1-20-15-16-25-24(17-20)26(21-11-7-5-8-12-21)27(22-13-9-6-10-14-22)30(25)19-23(31)18-29-28(2,3)4/h5-17,23,29,31H,18-19H2,1-4H3/p+1/t23-/m1/s1. The zero-order valence-electron chi connectivity index (χ0n) is 19.0. The van der Waals surface area contributed by atoms with Gasteiger partial charge >= 0.3 is 0 Å². The van der Waals surface area contributed by atoms with Crippen LogP contribution in [0, 0.1) is 6.92 Å². The van der Waals surface area contributed by atoms with Gasteiger partial charge in [0.2, 0.25) is 0 Å². The summed E-state index contributed by atoms with van der Waals surface area (Å²) in [6.45, 7) is 9.90. The highest BCUT2D eigenvalue weighted by atomic mass is 16.3. The number of rotatable bonds is 6. The zero-order chi connectivity index (χ0) is 22.0. The number of hydrogen-bond donors (Lipinski definition) is 2. The topological polar surface area (TPSA) is 41.8 Å². The first kappa shape index (κ1) is 21.4. The lowest BCUT2D eigenvalue weighted by molar-refractivity contribution is -0.722. The van der Waals surface area contributed by atoms with Gasteiger partial charge < -0.3 is 15.0 Å². The molecule has 160 valence electrons. The molecule has 3 aromatic carbocycles. The van der Waals surface area contributed by atoms with Crippen LogP contribution in [0.4, 0.5) is 0 Å². The summed E-state index contributed by atoms with van der Waals surface area (Å²) in [5, 5.41) is 14.4.